The molecule has 134 valence electrons. The molecule has 0 N–H and O–H groups in total. The lowest BCUT2D eigenvalue weighted by molar-refractivity contribution is 0.193. The maximum Gasteiger partial charge on any atom is 0.217 e. The molecule has 2 heterocycles. The molecule has 1 aromatic carbocycles. The first-order valence-electron chi connectivity index (χ1n) is 8.77. The summed E-state index contributed by atoms with van der Waals surface area (Å²) in [7, 11) is 1.59. The molecule has 1 saturated heterocycles. The standard InChI is InChI=1S/C21H22FN3O/c1-26-21-19(12-17(13-23)14-24-21)15-25-10-8-16(9-11-25)6-7-18-4-2-3-5-20(18)22/h2-7,12,14,16H,8-11,15H2,1H3. The maximum atomic E-state index is 13.7. The molecule has 3 rings (SSSR count). The van der Waals surface area contributed by atoms with Gasteiger partial charge in [-0.3, -0.25) is 4.90 Å². The lowest BCUT2D eigenvalue weighted by Crippen LogP contribution is -2.32. The minimum atomic E-state index is -0.182. The molecule has 5 heteroatoms. The number of nitrogens with zero attached hydrogens (tertiary/aromatic N) is 3. The summed E-state index contributed by atoms with van der Waals surface area (Å²) in [5.41, 5.74) is 2.12. The first-order chi connectivity index (χ1) is 12.7. The number of likely N-dealkylation sites (tertiary alicyclic amines) is 1. The fourth-order valence-corrected chi connectivity index (χ4v) is 3.25. The van der Waals surface area contributed by atoms with E-state index < -0.39 is 0 Å². The minimum absolute atomic E-state index is 0.182. The van der Waals surface area contributed by atoms with Crippen molar-refractivity contribution in [3.05, 3.63) is 65.1 Å². The molecule has 0 aliphatic carbocycles. The van der Waals surface area contributed by atoms with Gasteiger partial charge in [0.25, 0.3) is 0 Å². The predicted molar refractivity (Wildman–Crippen MR) is 98.9 cm³/mol. The molecule has 0 unspecified atom stereocenters. The van der Waals surface area contributed by atoms with Crippen LogP contribution in [0.4, 0.5) is 4.39 Å². The fourth-order valence-electron chi connectivity index (χ4n) is 3.25. The molecule has 1 aliphatic rings. The second kappa shape index (κ2) is 8.59. The van der Waals surface area contributed by atoms with Crippen molar-refractivity contribution in [2.24, 2.45) is 5.92 Å². The number of piperidine rings is 1. The highest BCUT2D eigenvalue weighted by Gasteiger charge is 2.19. The van der Waals surface area contributed by atoms with Crippen molar-refractivity contribution in [3.8, 4) is 11.9 Å². The van der Waals surface area contributed by atoms with Crippen molar-refractivity contribution < 1.29 is 9.13 Å². The molecular weight excluding hydrogens is 329 g/mol. The van der Waals surface area contributed by atoms with E-state index in [1.165, 1.54) is 12.3 Å². The third-order valence-electron chi connectivity index (χ3n) is 4.73. The quantitative estimate of drug-likeness (QED) is 0.816. The zero-order chi connectivity index (χ0) is 18.4. The molecule has 2 aromatic rings. The smallest absolute Gasteiger partial charge is 0.217 e. The Morgan fingerprint density at radius 1 is 1.35 bits per heavy atom. The molecule has 0 bridgehead atoms. The molecule has 0 saturated carbocycles. The summed E-state index contributed by atoms with van der Waals surface area (Å²) in [5, 5.41) is 9.06. The lowest BCUT2D eigenvalue weighted by atomic mass is 9.95. The molecular formula is C21H22FN3O. The highest BCUT2D eigenvalue weighted by atomic mass is 19.1. The van der Waals surface area contributed by atoms with Gasteiger partial charge in [0.2, 0.25) is 5.88 Å². The summed E-state index contributed by atoms with van der Waals surface area (Å²) >= 11 is 0. The number of hydrogen-bond donors (Lipinski definition) is 0. The van der Waals surface area contributed by atoms with Crippen LogP contribution >= 0.6 is 0 Å². The second-order valence-corrected chi connectivity index (χ2v) is 6.50. The molecule has 4 nitrogen and oxygen atoms in total. The van der Waals surface area contributed by atoms with Crippen LogP contribution in [-0.4, -0.2) is 30.1 Å². The Balaban J connectivity index is 1.58. The third kappa shape index (κ3) is 4.47. The van der Waals surface area contributed by atoms with Gasteiger partial charge in [0.05, 0.1) is 12.7 Å². The number of nitriles is 1. The SMILES string of the molecule is COc1ncc(C#N)cc1CN1CCC(C=Cc2ccccc2F)CC1. The number of methoxy groups -OCH3 is 1. The van der Waals surface area contributed by atoms with Crippen LogP contribution < -0.4 is 4.74 Å². The lowest BCUT2D eigenvalue weighted by Gasteiger charge is -2.30. The fraction of sp³-hybridized carbons (Fsp3) is 0.333. The van der Waals surface area contributed by atoms with Crippen molar-refractivity contribution in [1.82, 2.24) is 9.88 Å². The largest absolute Gasteiger partial charge is 0.481 e. The summed E-state index contributed by atoms with van der Waals surface area (Å²) in [5.74, 6) is 0.847. The molecule has 0 radical (unpaired) electrons. The highest BCUT2D eigenvalue weighted by Crippen LogP contribution is 2.24. The van der Waals surface area contributed by atoms with E-state index in [-0.39, 0.29) is 5.82 Å². The van der Waals surface area contributed by atoms with Crippen LogP contribution in [0.25, 0.3) is 6.08 Å². The van der Waals surface area contributed by atoms with E-state index in [1.54, 1.807) is 19.2 Å². The van der Waals surface area contributed by atoms with E-state index in [4.69, 9.17) is 10.00 Å². The summed E-state index contributed by atoms with van der Waals surface area (Å²) in [6, 6.07) is 10.8. The van der Waals surface area contributed by atoms with Gasteiger partial charge in [-0.25, -0.2) is 9.37 Å². The first-order valence-corrected chi connectivity index (χ1v) is 8.77. The normalized spacial score (nSPS) is 15.9. The van der Waals surface area contributed by atoms with E-state index in [0.717, 1.165) is 38.0 Å². The number of ether oxygens (including phenoxy) is 1. The molecule has 0 atom stereocenters. The Hall–Kier alpha value is -2.71. The molecule has 0 amide bonds. The van der Waals surface area contributed by atoms with E-state index in [2.05, 4.69) is 22.0 Å². The Bertz CT molecular complexity index is 820. The number of hydrogen-bond acceptors (Lipinski definition) is 4. The number of allylic oxidation sites excluding steroid dienone is 1. The van der Waals surface area contributed by atoms with Crippen LogP contribution in [-0.2, 0) is 6.54 Å². The Morgan fingerprint density at radius 3 is 2.81 bits per heavy atom. The molecule has 26 heavy (non-hydrogen) atoms. The molecule has 0 spiro atoms. The average Bonchev–Trinajstić information content (AvgIpc) is 2.68. The van der Waals surface area contributed by atoms with Gasteiger partial charge in [-0.05, 0) is 44.0 Å². The van der Waals surface area contributed by atoms with Gasteiger partial charge in [0, 0.05) is 23.9 Å². The second-order valence-electron chi connectivity index (χ2n) is 6.50. The topological polar surface area (TPSA) is 49.1 Å². The van der Waals surface area contributed by atoms with E-state index in [1.807, 2.05) is 18.2 Å². The van der Waals surface area contributed by atoms with Gasteiger partial charge in [-0.15, -0.1) is 0 Å². The van der Waals surface area contributed by atoms with Crippen molar-refractivity contribution in [1.29, 1.82) is 5.26 Å². The van der Waals surface area contributed by atoms with Crippen molar-refractivity contribution in [3.63, 3.8) is 0 Å². The van der Waals surface area contributed by atoms with Crippen LogP contribution in [0, 0.1) is 23.1 Å². The highest BCUT2D eigenvalue weighted by molar-refractivity contribution is 5.50. The maximum absolute atomic E-state index is 13.7. The summed E-state index contributed by atoms with van der Waals surface area (Å²) in [4.78, 5) is 6.54. The number of benzene rings is 1. The predicted octanol–water partition coefficient (Wildman–Crippen LogP) is 4.03. The van der Waals surface area contributed by atoms with Crippen molar-refractivity contribution in [2.75, 3.05) is 20.2 Å². The van der Waals surface area contributed by atoms with E-state index in [9.17, 15) is 4.39 Å². The van der Waals surface area contributed by atoms with Crippen LogP contribution in [0.15, 0.2) is 42.6 Å². The van der Waals surface area contributed by atoms with Gasteiger partial charge in [0.15, 0.2) is 0 Å². The van der Waals surface area contributed by atoms with Gasteiger partial charge in [-0.2, -0.15) is 5.26 Å². The Kier molecular flexibility index (Phi) is 5.98. The van der Waals surface area contributed by atoms with Crippen LogP contribution in [0.3, 0.4) is 0 Å². The van der Waals surface area contributed by atoms with Crippen molar-refractivity contribution in [2.45, 2.75) is 19.4 Å². The third-order valence-corrected chi connectivity index (χ3v) is 4.73. The molecule has 1 fully saturated rings. The number of halogens is 1. The Labute approximate surface area is 153 Å². The van der Waals surface area contributed by atoms with Crippen LogP contribution in [0.2, 0.25) is 0 Å². The average molecular weight is 351 g/mol. The Morgan fingerprint density at radius 2 is 2.12 bits per heavy atom. The zero-order valence-electron chi connectivity index (χ0n) is 14.9. The van der Waals surface area contributed by atoms with E-state index >= 15 is 0 Å². The number of aromatic nitrogens is 1. The van der Waals surface area contributed by atoms with Gasteiger partial charge in [-0.1, -0.05) is 30.4 Å². The first kappa shape index (κ1) is 18.1. The number of pyridine rings is 1. The molecule has 1 aromatic heterocycles. The summed E-state index contributed by atoms with van der Waals surface area (Å²) < 4.78 is 19.0. The van der Waals surface area contributed by atoms with Gasteiger partial charge in [0.1, 0.15) is 11.9 Å². The number of rotatable bonds is 5. The monoisotopic (exact) mass is 351 g/mol. The van der Waals surface area contributed by atoms with Gasteiger partial charge < -0.3 is 4.74 Å². The zero-order valence-corrected chi connectivity index (χ0v) is 14.9. The van der Waals surface area contributed by atoms with Crippen LogP contribution in [0.5, 0.6) is 5.88 Å². The minimum Gasteiger partial charge on any atom is -0.481 e. The van der Waals surface area contributed by atoms with Gasteiger partial charge >= 0.3 is 0 Å². The summed E-state index contributed by atoms with van der Waals surface area (Å²) in [6.45, 7) is 2.62. The van der Waals surface area contributed by atoms with Crippen LogP contribution in [0.1, 0.15) is 29.5 Å². The molecule has 1 aliphatic heterocycles. The van der Waals surface area contributed by atoms with Crippen molar-refractivity contribution >= 4 is 6.08 Å². The van der Waals surface area contributed by atoms with E-state index in [0.29, 0.717) is 22.9 Å². The summed E-state index contributed by atoms with van der Waals surface area (Å²) in [6.07, 6.45) is 7.59.